The molecule has 0 spiro atoms. The van der Waals surface area contributed by atoms with Crippen LogP contribution in [0.1, 0.15) is 52.0 Å². The number of hydrogen-bond donors (Lipinski definition) is 2. The van der Waals surface area contributed by atoms with E-state index in [1.54, 1.807) is 19.1 Å². The molecule has 4 heteroatoms. The van der Waals surface area contributed by atoms with Crippen LogP contribution in [0.25, 0.3) is 0 Å². The molecule has 0 aliphatic carbocycles. The molecule has 1 rings (SSSR count). The molecular formula is C18H28FNO2. The van der Waals surface area contributed by atoms with Crippen LogP contribution in [0, 0.1) is 17.7 Å². The minimum Gasteiger partial charge on any atom is -0.481 e. The molecule has 0 radical (unpaired) electrons. The summed E-state index contributed by atoms with van der Waals surface area (Å²) >= 11 is 0. The van der Waals surface area contributed by atoms with Gasteiger partial charge in [0.15, 0.2) is 0 Å². The summed E-state index contributed by atoms with van der Waals surface area (Å²) in [6.07, 6.45) is 3.73. The molecule has 0 aliphatic rings. The predicted molar refractivity (Wildman–Crippen MR) is 87.1 cm³/mol. The van der Waals surface area contributed by atoms with E-state index in [-0.39, 0.29) is 11.7 Å². The van der Waals surface area contributed by atoms with Gasteiger partial charge in [-0.15, -0.1) is 0 Å². The predicted octanol–water partition coefficient (Wildman–Crippen LogP) is 4.22. The van der Waals surface area contributed by atoms with E-state index < -0.39 is 5.97 Å². The van der Waals surface area contributed by atoms with Crippen LogP contribution in [-0.4, -0.2) is 17.1 Å². The van der Waals surface area contributed by atoms with Gasteiger partial charge in [0.25, 0.3) is 0 Å². The number of carboxylic acids is 1. The number of halogens is 1. The Bertz CT molecular complexity index is 445. The average molecular weight is 309 g/mol. The van der Waals surface area contributed by atoms with Crippen molar-refractivity contribution in [2.45, 2.75) is 59.0 Å². The normalized spacial score (nSPS) is 14.0. The first-order valence-corrected chi connectivity index (χ1v) is 8.10. The third-order valence-corrected chi connectivity index (χ3v) is 4.11. The Morgan fingerprint density at radius 2 is 1.73 bits per heavy atom. The molecule has 0 heterocycles. The van der Waals surface area contributed by atoms with Crippen LogP contribution in [0.4, 0.5) is 4.39 Å². The molecule has 0 aromatic heterocycles. The molecule has 0 aliphatic heterocycles. The van der Waals surface area contributed by atoms with Crippen molar-refractivity contribution in [2.75, 3.05) is 0 Å². The van der Waals surface area contributed by atoms with E-state index in [0.29, 0.717) is 12.0 Å². The van der Waals surface area contributed by atoms with Crippen LogP contribution >= 0.6 is 0 Å². The maximum atomic E-state index is 12.9. The molecule has 1 aromatic rings. The van der Waals surface area contributed by atoms with Crippen LogP contribution in [0.3, 0.4) is 0 Å². The summed E-state index contributed by atoms with van der Waals surface area (Å²) in [5, 5.41) is 12.4. The molecule has 2 N–H and O–H groups in total. The van der Waals surface area contributed by atoms with E-state index in [2.05, 4.69) is 19.2 Å². The molecule has 3 nitrogen and oxygen atoms in total. The molecule has 2 atom stereocenters. The number of benzene rings is 1. The van der Waals surface area contributed by atoms with Crippen LogP contribution in [-0.2, 0) is 11.3 Å². The van der Waals surface area contributed by atoms with Crippen molar-refractivity contribution < 1.29 is 14.3 Å². The van der Waals surface area contributed by atoms with Crippen molar-refractivity contribution in [1.29, 1.82) is 0 Å². The number of unbranched alkanes of at least 4 members (excludes halogenated alkanes) is 1. The lowest BCUT2D eigenvalue weighted by atomic mass is 9.95. The van der Waals surface area contributed by atoms with Gasteiger partial charge in [-0.05, 0) is 36.5 Å². The van der Waals surface area contributed by atoms with E-state index in [9.17, 15) is 9.18 Å². The molecule has 2 unspecified atom stereocenters. The quantitative estimate of drug-likeness (QED) is 0.636. The van der Waals surface area contributed by atoms with Gasteiger partial charge in [-0.3, -0.25) is 4.79 Å². The zero-order valence-electron chi connectivity index (χ0n) is 13.8. The van der Waals surface area contributed by atoms with Gasteiger partial charge in [-0.1, -0.05) is 45.7 Å². The fourth-order valence-electron chi connectivity index (χ4n) is 2.46. The van der Waals surface area contributed by atoms with Crippen LogP contribution in [0.2, 0.25) is 0 Å². The monoisotopic (exact) mass is 309 g/mol. The molecule has 124 valence electrons. The second-order valence-electron chi connectivity index (χ2n) is 6.38. The van der Waals surface area contributed by atoms with Gasteiger partial charge in [0.05, 0.1) is 5.92 Å². The fourth-order valence-corrected chi connectivity index (χ4v) is 2.46. The largest absolute Gasteiger partial charge is 0.481 e. The number of carboxylic acid groups (broad SMARTS) is 1. The second kappa shape index (κ2) is 9.57. The second-order valence-corrected chi connectivity index (χ2v) is 6.38. The minimum absolute atomic E-state index is 0.211. The van der Waals surface area contributed by atoms with E-state index in [1.165, 1.54) is 12.1 Å². The third kappa shape index (κ3) is 7.03. The summed E-state index contributed by atoms with van der Waals surface area (Å²) in [4.78, 5) is 10.8. The maximum absolute atomic E-state index is 12.9. The standard InChI is InChI=1S/C18H28FNO2/c1-13(2)17(7-5-4-6-14(3)18(21)22)20-12-15-8-10-16(19)11-9-15/h8-11,13-14,17,20H,4-7,12H2,1-3H3,(H,21,22). The van der Waals surface area contributed by atoms with Gasteiger partial charge in [0, 0.05) is 12.6 Å². The first kappa shape index (κ1) is 18.6. The molecule has 0 amide bonds. The lowest BCUT2D eigenvalue weighted by Crippen LogP contribution is -2.33. The number of hydrogen-bond acceptors (Lipinski definition) is 2. The highest BCUT2D eigenvalue weighted by atomic mass is 19.1. The van der Waals surface area contributed by atoms with Crippen molar-refractivity contribution in [3.63, 3.8) is 0 Å². The first-order chi connectivity index (χ1) is 10.4. The SMILES string of the molecule is CC(CCCCC(NCc1ccc(F)cc1)C(C)C)C(=O)O. The molecular weight excluding hydrogens is 281 g/mol. The highest BCUT2D eigenvalue weighted by Gasteiger charge is 2.14. The van der Waals surface area contributed by atoms with Crippen molar-refractivity contribution in [1.82, 2.24) is 5.32 Å². The minimum atomic E-state index is -0.713. The molecule has 1 aromatic carbocycles. The van der Waals surface area contributed by atoms with Crippen LogP contribution < -0.4 is 5.32 Å². The number of rotatable bonds is 10. The van der Waals surface area contributed by atoms with Gasteiger partial charge < -0.3 is 10.4 Å². The van der Waals surface area contributed by atoms with Crippen LogP contribution in [0.15, 0.2) is 24.3 Å². The number of carbonyl (C=O) groups is 1. The van der Waals surface area contributed by atoms with Crippen molar-refractivity contribution >= 4 is 5.97 Å². The van der Waals surface area contributed by atoms with Crippen molar-refractivity contribution in [2.24, 2.45) is 11.8 Å². The van der Waals surface area contributed by atoms with Gasteiger partial charge >= 0.3 is 5.97 Å². The van der Waals surface area contributed by atoms with Gasteiger partial charge in [-0.2, -0.15) is 0 Å². The average Bonchev–Trinajstić information content (AvgIpc) is 2.47. The van der Waals surface area contributed by atoms with Crippen molar-refractivity contribution in [3.05, 3.63) is 35.6 Å². The van der Waals surface area contributed by atoms with Crippen molar-refractivity contribution in [3.8, 4) is 0 Å². The zero-order valence-corrected chi connectivity index (χ0v) is 13.8. The first-order valence-electron chi connectivity index (χ1n) is 8.10. The number of aliphatic carboxylic acids is 1. The smallest absolute Gasteiger partial charge is 0.306 e. The zero-order chi connectivity index (χ0) is 16.5. The lowest BCUT2D eigenvalue weighted by Gasteiger charge is -2.23. The topological polar surface area (TPSA) is 49.3 Å². The Morgan fingerprint density at radius 3 is 2.27 bits per heavy atom. The van der Waals surface area contributed by atoms with Gasteiger partial charge in [-0.25, -0.2) is 4.39 Å². The third-order valence-electron chi connectivity index (χ3n) is 4.11. The lowest BCUT2D eigenvalue weighted by molar-refractivity contribution is -0.141. The van der Waals surface area contributed by atoms with Gasteiger partial charge in [0.2, 0.25) is 0 Å². The molecule has 22 heavy (non-hydrogen) atoms. The van der Waals surface area contributed by atoms with E-state index in [4.69, 9.17) is 5.11 Å². The Hall–Kier alpha value is -1.42. The van der Waals surface area contributed by atoms with E-state index in [1.807, 2.05) is 0 Å². The Morgan fingerprint density at radius 1 is 1.14 bits per heavy atom. The number of nitrogens with one attached hydrogen (secondary N) is 1. The Labute approximate surface area is 132 Å². The molecule has 0 saturated heterocycles. The molecule has 0 bridgehead atoms. The molecule has 0 saturated carbocycles. The maximum Gasteiger partial charge on any atom is 0.306 e. The fraction of sp³-hybridized carbons (Fsp3) is 0.611. The van der Waals surface area contributed by atoms with E-state index in [0.717, 1.165) is 37.8 Å². The van der Waals surface area contributed by atoms with E-state index >= 15 is 0 Å². The Kier molecular flexibility index (Phi) is 8.10. The molecule has 0 fully saturated rings. The summed E-state index contributed by atoms with van der Waals surface area (Å²) in [5.74, 6) is -0.673. The summed E-state index contributed by atoms with van der Waals surface area (Å²) in [7, 11) is 0. The van der Waals surface area contributed by atoms with Crippen LogP contribution in [0.5, 0.6) is 0 Å². The summed E-state index contributed by atoms with van der Waals surface area (Å²) in [5.41, 5.74) is 1.08. The summed E-state index contributed by atoms with van der Waals surface area (Å²) in [6.45, 7) is 6.86. The highest BCUT2D eigenvalue weighted by Crippen LogP contribution is 2.15. The Balaban J connectivity index is 2.33. The summed E-state index contributed by atoms with van der Waals surface area (Å²) in [6, 6.07) is 6.96. The highest BCUT2D eigenvalue weighted by molar-refractivity contribution is 5.69. The summed E-state index contributed by atoms with van der Waals surface area (Å²) < 4.78 is 12.9. The van der Waals surface area contributed by atoms with Gasteiger partial charge in [0.1, 0.15) is 5.82 Å².